The van der Waals surface area contributed by atoms with Gasteiger partial charge in [-0.25, -0.2) is 0 Å². The van der Waals surface area contributed by atoms with Crippen molar-refractivity contribution in [1.29, 1.82) is 0 Å². The van der Waals surface area contributed by atoms with Crippen molar-refractivity contribution in [1.82, 2.24) is 4.90 Å². The van der Waals surface area contributed by atoms with E-state index in [1.165, 1.54) is 5.56 Å². The predicted molar refractivity (Wildman–Crippen MR) is 82.9 cm³/mol. The lowest BCUT2D eigenvalue weighted by molar-refractivity contribution is -0.133. The number of nitrogens with two attached hydrogens (primary N) is 1. The first-order chi connectivity index (χ1) is 9.61. The topological polar surface area (TPSA) is 46.3 Å². The van der Waals surface area contributed by atoms with E-state index in [9.17, 15) is 4.79 Å². The van der Waals surface area contributed by atoms with Crippen molar-refractivity contribution in [3.8, 4) is 0 Å². The number of benzene rings is 1. The van der Waals surface area contributed by atoms with E-state index in [0.29, 0.717) is 5.92 Å². The fourth-order valence-corrected chi connectivity index (χ4v) is 2.96. The molecule has 1 aromatic rings. The number of nitrogens with zero attached hydrogens (tertiary/aromatic N) is 1. The highest BCUT2D eigenvalue weighted by molar-refractivity contribution is 6.30. The Hall–Kier alpha value is -1.06. The number of carbonyl (C=O) groups excluding carboxylic acids is 1. The van der Waals surface area contributed by atoms with E-state index >= 15 is 0 Å². The molecular weight excluding hydrogens is 272 g/mol. The van der Waals surface area contributed by atoms with Crippen molar-refractivity contribution >= 4 is 17.5 Å². The summed E-state index contributed by atoms with van der Waals surface area (Å²) < 4.78 is 0. The highest BCUT2D eigenvalue weighted by Gasteiger charge is 2.26. The monoisotopic (exact) mass is 294 g/mol. The van der Waals surface area contributed by atoms with Crippen molar-refractivity contribution < 1.29 is 4.79 Å². The molecule has 1 amide bonds. The van der Waals surface area contributed by atoms with E-state index in [2.05, 4.69) is 19.1 Å². The van der Waals surface area contributed by atoms with Gasteiger partial charge in [0.05, 0.1) is 6.04 Å². The number of halogens is 1. The fraction of sp³-hybridized carbons (Fsp3) is 0.562. The number of rotatable bonds is 4. The lowest BCUT2D eigenvalue weighted by Crippen LogP contribution is -2.46. The van der Waals surface area contributed by atoms with Gasteiger partial charge in [0.1, 0.15) is 0 Å². The zero-order chi connectivity index (χ0) is 14.5. The molecule has 0 aromatic heterocycles. The van der Waals surface area contributed by atoms with Crippen molar-refractivity contribution in [3.63, 3.8) is 0 Å². The molecule has 3 nitrogen and oxygen atoms in total. The molecule has 110 valence electrons. The van der Waals surface area contributed by atoms with Crippen molar-refractivity contribution in [2.24, 2.45) is 5.73 Å². The summed E-state index contributed by atoms with van der Waals surface area (Å²) in [5.74, 6) is 0.639. The van der Waals surface area contributed by atoms with Gasteiger partial charge in [-0.2, -0.15) is 0 Å². The largest absolute Gasteiger partial charge is 0.341 e. The first kappa shape index (κ1) is 15.3. The Labute approximate surface area is 126 Å². The maximum Gasteiger partial charge on any atom is 0.239 e. The van der Waals surface area contributed by atoms with Crippen LogP contribution in [0.3, 0.4) is 0 Å². The maximum atomic E-state index is 12.2. The van der Waals surface area contributed by atoms with Crippen LogP contribution in [0.5, 0.6) is 0 Å². The Morgan fingerprint density at radius 2 is 1.95 bits per heavy atom. The van der Waals surface area contributed by atoms with E-state index in [1.54, 1.807) is 0 Å². The lowest BCUT2D eigenvalue weighted by atomic mass is 9.89. The van der Waals surface area contributed by atoms with Gasteiger partial charge in [0, 0.05) is 18.1 Å². The minimum Gasteiger partial charge on any atom is -0.341 e. The molecule has 1 atom stereocenters. The molecule has 2 rings (SSSR count). The minimum absolute atomic E-state index is 0.112. The molecule has 0 aliphatic carbocycles. The summed E-state index contributed by atoms with van der Waals surface area (Å²) >= 11 is 5.91. The fourth-order valence-electron chi connectivity index (χ4n) is 2.84. The molecule has 4 heteroatoms. The second-order valence-corrected chi connectivity index (χ2v) is 5.98. The molecule has 0 radical (unpaired) electrons. The molecule has 20 heavy (non-hydrogen) atoms. The van der Waals surface area contributed by atoms with Crippen molar-refractivity contribution in [3.05, 3.63) is 34.9 Å². The number of piperidine rings is 1. The van der Waals surface area contributed by atoms with E-state index < -0.39 is 0 Å². The number of carbonyl (C=O) groups is 1. The maximum absolute atomic E-state index is 12.2. The highest BCUT2D eigenvalue weighted by Crippen LogP contribution is 2.29. The minimum atomic E-state index is -0.327. The van der Waals surface area contributed by atoms with Crippen LogP contribution < -0.4 is 5.73 Å². The molecule has 1 aliphatic heterocycles. The van der Waals surface area contributed by atoms with Gasteiger partial charge in [-0.3, -0.25) is 4.79 Å². The van der Waals surface area contributed by atoms with Crippen LogP contribution in [-0.4, -0.2) is 29.9 Å². The number of hydrogen-bond acceptors (Lipinski definition) is 2. The Morgan fingerprint density at radius 1 is 1.35 bits per heavy atom. The molecule has 1 fully saturated rings. The smallest absolute Gasteiger partial charge is 0.239 e. The van der Waals surface area contributed by atoms with Crippen LogP contribution in [0.15, 0.2) is 24.3 Å². The quantitative estimate of drug-likeness (QED) is 0.927. The summed E-state index contributed by atoms with van der Waals surface area (Å²) in [6.45, 7) is 3.67. The van der Waals surface area contributed by atoms with Gasteiger partial charge in [-0.15, -0.1) is 0 Å². The van der Waals surface area contributed by atoms with E-state index in [4.69, 9.17) is 17.3 Å². The predicted octanol–water partition coefficient (Wildman–Crippen LogP) is 3.17. The van der Waals surface area contributed by atoms with Gasteiger partial charge in [-0.1, -0.05) is 37.1 Å². The molecular formula is C16H23ClN2O. The second kappa shape index (κ2) is 7.09. The Morgan fingerprint density at radius 3 is 2.50 bits per heavy atom. The third-order valence-corrected chi connectivity index (χ3v) is 4.32. The van der Waals surface area contributed by atoms with Gasteiger partial charge in [0.15, 0.2) is 0 Å². The molecule has 0 saturated carbocycles. The lowest BCUT2D eigenvalue weighted by Gasteiger charge is -2.33. The van der Waals surface area contributed by atoms with Crippen LogP contribution >= 0.6 is 11.6 Å². The summed E-state index contributed by atoms with van der Waals surface area (Å²) in [6, 6.07) is 7.73. The third-order valence-electron chi connectivity index (χ3n) is 4.06. The standard InChI is InChI=1S/C16H23ClN2O/c1-2-3-15(18)16(20)19-10-8-13(9-11-19)12-4-6-14(17)7-5-12/h4-7,13,15H,2-3,8-11,18H2,1H3. The van der Waals surface area contributed by atoms with Crippen LogP contribution in [0.4, 0.5) is 0 Å². The van der Waals surface area contributed by atoms with Crippen molar-refractivity contribution in [2.75, 3.05) is 13.1 Å². The van der Waals surface area contributed by atoms with Gasteiger partial charge in [0.2, 0.25) is 5.91 Å². The molecule has 1 saturated heterocycles. The van der Waals surface area contributed by atoms with Crippen LogP contribution in [0.25, 0.3) is 0 Å². The van der Waals surface area contributed by atoms with Crippen molar-refractivity contribution in [2.45, 2.75) is 44.6 Å². The van der Waals surface area contributed by atoms with Gasteiger partial charge >= 0.3 is 0 Å². The van der Waals surface area contributed by atoms with E-state index in [0.717, 1.165) is 43.8 Å². The van der Waals surface area contributed by atoms with Crippen LogP contribution in [-0.2, 0) is 4.79 Å². The average molecular weight is 295 g/mol. The van der Waals surface area contributed by atoms with Crippen LogP contribution in [0.2, 0.25) is 5.02 Å². The SMILES string of the molecule is CCCC(N)C(=O)N1CCC(c2ccc(Cl)cc2)CC1. The summed E-state index contributed by atoms with van der Waals surface area (Å²) in [4.78, 5) is 14.1. The zero-order valence-electron chi connectivity index (χ0n) is 12.0. The Kier molecular flexibility index (Phi) is 5.44. The van der Waals surface area contributed by atoms with Gasteiger partial charge in [0.25, 0.3) is 0 Å². The Balaban J connectivity index is 1.89. The molecule has 1 unspecified atom stereocenters. The molecule has 1 aliphatic rings. The molecule has 2 N–H and O–H groups in total. The van der Waals surface area contributed by atoms with E-state index in [1.807, 2.05) is 17.0 Å². The van der Waals surface area contributed by atoms with E-state index in [-0.39, 0.29) is 11.9 Å². The molecule has 0 spiro atoms. The number of hydrogen-bond donors (Lipinski definition) is 1. The molecule has 1 aromatic carbocycles. The first-order valence-corrected chi connectivity index (χ1v) is 7.79. The van der Waals surface area contributed by atoms with Crippen LogP contribution in [0, 0.1) is 0 Å². The third kappa shape index (κ3) is 3.74. The average Bonchev–Trinajstić information content (AvgIpc) is 2.48. The number of likely N-dealkylation sites (tertiary alicyclic amines) is 1. The normalized spacial score (nSPS) is 18.1. The summed E-state index contributed by atoms with van der Waals surface area (Å²) in [6.07, 6.45) is 3.74. The Bertz CT molecular complexity index is 438. The zero-order valence-corrected chi connectivity index (χ0v) is 12.8. The van der Waals surface area contributed by atoms with Gasteiger partial charge < -0.3 is 10.6 Å². The summed E-state index contributed by atoms with van der Waals surface area (Å²) in [5.41, 5.74) is 7.23. The van der Waals surface area contributed by atoms with Gasteiger partial charge in [-0.05, 0) is 42.9 Å². The highest BCUT2D eigenvalue weighted by atomic mass is 35.5. The second-order valence-electron chi connectivity index (χ2n) is 5.55. The van der Waals surface area contributed by atoms with Crippen LogP contribution in [0.1, 0.15) is 44.1 Å². The summed E-state index contributed by atoms with van der Waals surface area (Å²) in [5, 5.41) is 0.770. The summed E-state index contributed by atoms with van der Waals surface area (Å²) in [7, 11) is 0. The molecule has 0 bridgehead atoms. The first-order valence-electron chi connectivity index (χ1n) is 7.41. The molecule has 1 heterocycles. The number of amides is 1.